The zero-order valence-electron chi connectivity index (χ0n) is 20.4. The number of nitrogens with one attached hydrogen (secondary N) is 4. The molecule has 0 radical (unpaired) electrons. The van der Waals surface area contributed by atoms with Crippen LogP contribution in [-0.2, 0) is 40.3 Å². The van der Waals surface area contributed by atoms with Crippen molar-refractivity contribution in [1.82, 2.24) is 25.5 Å². The van der Waals surface area contributed by atoms with Crippen molar-refractivity contribution in [2.24, 2.45) is 0 Å². The number of hydrogen-bond donors (Lipinski definition) is 4. The van der Waals surface area contributed by atoms with Crippen LogP contribution in [-0.4, -0.2) is 50.6 Å². The van der Waals surface area contributed by atoms with Gasteiger partial charge in [-0.3, -0.25) is 19.2 Å². The van der Waals surface area contributed by atoms with Crippen LogP contribution >= 0.6 is 0 Å². The Morgan fingerprint density at radius 2 is 1.95 bits per heavy atom. The van der Waals surface area contributed by atoms with Crippen molar-refractivity contribution in [3.63, 3.8) is 0 Å². The number of imidazole rings is 1. The summed E-state index contributed by atoms with van der Waals surface area (Å²) >= 11 is 0. The number of carbonyl (C=O) groups excluding carboxylic acids is 4. The summed E-state index contributed by atoms with van der Waals surface area (Å²) in [6, 6.07) is 11.9. The molecule has 2 atom stereocenters. The van der Waals surface area contributed by atoms with Gasteiger partial charge in [0.25, 0.3) is 5.91 Å². The predicted octanol–water partition coefficient (Wildman–Crippen LogP) is 1.68. The van der Waals surface area contributed by atoms with Gasteiger partial charge in [0.05, 0.1) is 6.33 Å². The van der Waals surface area contributed by atoms with Gasteiger partial charge in [0.2, 0.25) is 17.7 Å². The Morgan fingerprint density at radius 1 is 1.14 bits per heavy atom. The minimum atomic E-state index is -0.803. The van der Waals surface area contributed by atoms with E-state index in [1.54, 1.807) is 29.3 Å². The number of aromatic nitrogens is 2. The van der Waals surface area contributed by atoms with Crippen LogP contribution in [0.1, 0.15) is 46.1 Å². The molecule has 0 saturated carbocycles. The fourth-order valence-electron chi connectivity index (χ4n) is 5.08. The lowest BCUT2D eigenvalue weighted by atomic mass is 9.91. The Kier molecular flexibility index (Phi) is 6.72. The number of anilines is 1. The van der Waals surface area contributed by atoms with Gasteiger partial charge in [0, 0.05) is 67.6 Å². The third-order valence-corrected chi connectivity index (χ3v) is 6.83. The first-order valence-corrected chi connectivity index (χ1v) is 12.2. The van der Waals surface area contributed by atoms with Crippen LogP contribution in [0, 0.1) is 0 Å². The molecular weight excluding hydrogens is 472 g/mol. The number of benzene rings is 2. The maximum absolute atomic E-state index is 13.8. The van der Waals surface area contributed by atoms with E-state index in [1.807, 2.05) is 24.3 Å². The largest absolute Gasteiger partial charge is 0.348 e. The first kappa shape index (κ1) is 24.2. The van der Waals surface area contributed by atoms with Gasteiger partial charge < -0.3 is 25.8 Å². The molecular formula is C27H28N6O4. The summed E-state index contributed by atoms with van der Waals surface area (Å²) in [4.78, 5) is 59.7. The third kappa shape index (κ3) is 5.23. The van der Waals surface area contributed by atoms with E-state index in [0.717, 1.165) is 22.4 Å². The maximum Gasteiger partial charge on any atom is 0.251 e. The molecule has 2 aromatic carbocycles. The van der Waals surface area contributed by atoms with Gasteiger partial charge in [-0.2, -0.15) is 0 Å². The second-order valence-corrected chi connectivity index (χ2v) is 9.39. The molecule has 3 heterocycles. The molecule has 4 N–H and O–H groups in total. The number of H-pyrrole nitrogens is 1. The van der Waals surface area contributed by atoms with E-state index in [1.165, 1.54) is 13.3 Å². The summed E-state index contributed by atoms with van der Waals surface area (Å²) in [7, 11) is 0. The highest BCUT2D eigenvalue weighted by atomic mass is 16.2. The second-order valence-electron chi connectivity index (χ2n) is 9.39. The fraction of sp³-hybridized carbons (Fsp3) is 0.296. The highest BCUT2D eigenvalue weighted by Crippen LogP contribution is 2.28. The minimum absolute atomic E-state index is 0.0714. The van der Waals surface area contributed by atoms with E-state index < -0.39 is 12.1 Å². The number of nitrogens with zero attached hydrogens (tertiary/aromatic N) is 2. The summed E-state index contributed by atoms with van der Waals surface area (Å²) in [5, 5.41) is 8.48. The van der Waals surface area contributed by atoms with Crippen molar-refractivity contribution in [3.05, 3.63) is 82.9 Å². The van der Waals surface area contributed by atoms with Gasteiger partial charge in [-0.05, 0) is 29.7 Å². The Bertz CT molecular complexity index is 1350. The predicted molar refractivity (Wildman–Crippen MR) is 135 cm³/mol. The molecule has 0 aliphatic carbocycles. The van der Waals surface area contributed by atoms with E-state index in [-0.39, 0.29) is 36.5 Å². The van der Waals surface area contributed by atoms with Gasteiger partial charge in [-0.15, -0.1) is 0 Å². The Labute approximate surface area is 213 Å². The second kappa shape index (κ2) is 10.3. The lowest BCUT2D eigenvalue weighted by Gasteiger charge is -2.38. The van der Waals surface area contributed by atoms with Crippen LogP contribution in [0.5, 0.6) is 0 Å². The van der Waals surface area contributed by atoms with Gasteiger partial charge in [-0.25, -0.2) is 4.98 Å². The topological polar surface area (TPSA) is 136 Å². The number of hydrogen-bond acceptors (Lipinski definition) is 5. The Hall–Kier alpha value is -4.47. The van der Waals surface area contributed by atoms with E-state index in [4.69, 9.17) is 0 Å². The fourth-order valence-corrected chi connectivity index (χ4v) is 5.08. The quantitative estimate of drug-likeness (QED) is 0.391. The van der Waals surface area contributed by atoms with Crippen molar-refractivity contribution in [2.45, 2.75) is 51.4 Å². The molecule has 4 amide bonds. The Morgan fingerprint density at radius 3 is 2.70 bits per heavy atom. The molecule has 2 aliphatic heterocycles. The summed E-state index contributed by atoms with van der Waals surface area (Å²) in [6.45, 7) is 2.07. The van der Waals surface area contributed by atoms with E-state index in [2.05, 4.69) is 25.9 Å². The van der Waals surface area contributed by atoms with Gasteiger partial charge in [-0.1, -0.05) is 30.3 Å². The molecule has 0 fully saturated rings. The monoisotopic (exact) mass is 500 g/mol. The standard InChI is InChI=1S/C27H28N6O4/c1-16(34)31-24(10-19-12-28-15-30-19)27(37)33-14-18-6-3-2-5-17(18)9-20(33)11-25(35)32-23-8-4-7-21-22(23)13-29-26(21)36/h2-8,12,15,20,24H,9-11,13-14H2,1H3,(H,28,30)(H,29,36)(H,31,34)(H,32,35)/t20-,24-/m1/s1. The summed E-state index contributed by atoms with van der Waals surface area (Å²) in [5.74, 6) is -0.981. The molecule has 190 valence electrons. The van der Waals surface area contributed by atoms with Crippen molar-refractivity contribution in [1.29, 1.82) is 0 Å². The molecule has 0 bridgehead atoms. The molecule has 10 heteroatoms. The van der Waals surface area contributed by atoms with Crippen molar-refractivity contribution >= 4 is 29.3 Å². The minimum Gasteiger partial charge on any atom is -0.348 e. The molecule has 3 aromatic rings. The highest BCUT2D eigenvalue weighted by Gasteiger charge is 2.35. The van der Waals surface area contributed by atoms with Crippen LogP contribution in [0.2, 0.25) is 0 Å². The molecule has 2 aliphatic rings. The highest BCUT2D eigenvalue weighted by molar-refractivity contribution is 6.02. The van der Waals surface area contributed by atoms with E-state index in [9.17, 15) is 19.2 Å². The smallest absolute Gasteiger partial charge is 0.251 e. The SMILES string of the molecule is CC(=O)N[C@H](Cc1cnc[nH]1)C(=O)N1Cc2ccccc2C[C@@H]1CC(=O)Nc1cccc2c1CNC2=O. The maximum atomic E-state index is 13.8. The first-order chi connectivity index (χ1) is 17.9. The average molecular weight is 501 g/mol. The van der Waals surface area contributed by atoms with Crippen LogP contribution in [0.4, 0.5) is 5.69 Å². The lowest BCUT2D eigenvalue weighted by molar-refractivity contribution is -0.140. The van der Waals surface area contributed by atoms with Crippen molar-refractivity contribution in [2.75, 3.05) is 5.32 Å². The molecule has 1 aromatic heterocycles. The molecule has 0 unspecified atom stereocenters. The Balaban J connectivity index is 1.38. The number of aromatic amines is 1. The van der Waals surface area contributed by atoms with E-state index >= 15 is 0 Å². The van der Waals surface area contributed by atoms with Crippen molar-refractivity contribution in [3.8, 4) is 0 Å². The lowest BCUT2D eigenvalue weighted by Crippen LogP contribution is -2.54. The van der Waals surface area contributed by atoms with Crippen LogP contribution in [0.25, 0.3) is 0 Å². The first-order valence-electron chi connectivity index (χ1n) is 12.2. The number of amides is 4. The summed E-state index contributed by atoms with van der Waals surface area (Å²) < 4.78 is 0. The molecule has 37 heavy (non-hydrogen) atoms. The number of fused-ring (bicyclic) bond motifs is 2. The summed E-state index contributed by atoms with van der Waals surface area (Å²) in [5.41, 5.74) is 4.72. The normalized spacial score (nSPS) is 16.8. The van der Waals surface area contributed by atoms with E-state index in [0.29, 0.717) is 30.8 Å². The molecule has 0 spiro atoms. The average Bonchev–Trinajstić information content (AvgIpc) is 3.53. The van der Waals surface area contributed by atoms with Crippen LogP contribution in [0.15, 0.2) is 55.0 Å². The van der Waals surface area contributed by atoms with Gasteiger partial charge in [0.1, 0.15) is 6.04 Å². The third-order valence-electron chi connectivity index (χ3n) is 6.83. The number of carbonyl (C=O) groups is 4. The van der Waals surface area contributed by atoms with Crippen molar-refractivity contribution < 1.29 is 19.2 Å². The van der Waals surface area contributed by atoms with Crippen LogP contribution < -0.4 is 16.0 Å². The molecule has 5 rings (SSSR count). The van der Waals surface area contributed by atoms with Crippen LogP contribution in [0.3, 0.4) is 0 Å². The zero-order valence-corrected chi connectivity index (χ0v) is 20.4. The number of rotatable bonds is 7. The van der Waals surface area contributed by atoms with Gasteiger partial charge >= 0.3 is 0 Å². The summed E-state index contributed by atoms with van der Waals surface area (Å²) in [6.07, 6.45) is 3.99. The zero-order chi connectivity index (χ0) is 25.9. The van der Waals surface area contributed by atoms with Gasteiger partial charge in [0.15, 0.2) is 0 Å². The molecule has 10 nitrogen and oxygen atoms in total. The molecule has 0 saturated heterocycles.